The van der Waals surface area contributed by atoms with Crippen molar-refractivity contribution in [2.75, 3.05) is 5.75 Å². The molecule has 1 aliphatic heterocycles. The third kappa shape index (κ3) is 5.59. The monoisotopic (exact) mass is 327 g/mol. The fraction of sp³-hybridized carbons (Fsp3) is 0.500. The molecule has 0 bridgehead atoms. The first kappa shape index (κ1) is 16.2. The van der Waals surface area contributed by atoms with Gasteiger partial charge in [0.15, 0.2) is 0 Å². The van der Waals surface area contributed by atoms with E-state index < -0.39 is 4.92 Å². The number of nitro benzene ring substituents is 1. The molecule has 114 valence electrons. The van der Waals surface area contributed by atoms with Gasteiger partial charge in [0, 0.05) is 29.6 Å². The second kappa shape index (κ2) is 8.29. The van der Waals surface area contributed by atoms with Gasteiger partial charge in [0.05, 0.1) is 4.92 Å². The largest absolute Gasteiger partial charge is 0.427 e. The molecular weight excluding hydrogens is 310 g/mol. The van der Waals surface area contributed by atoms with Crippen molar-refractivity contribution in [2.24, 2.45) is 0 Å². The average Bonchev–Trinajstić information content (AvgIpc) is 2.97. The van der Waals surface area contributed by atoms with E-state index in [1.54, 1.807) is 0 Å². The highest BCUT2D eigenvalue weighted by molar-refractivity contribution is 8.77. The van der Waals surface area contributed by atoms with Crippen LogP contribution in [0.1, 0.15) is 32.1 Å². The number of non-ortho nitro benzene ring substituents is 1. The Bertz CT molecular complexity index is 486. The maximum atomic E-state index is 11.7. The highest BCUT2D eigenvalue weighted by atomic mass is 33.1. The molecule has 0 spiro atoms. The van der Waals surface area contributed by atoms with Crippen molar-refractivity contribution in [3.05, 3.63) is 34.4 Å². The predicted molar refractivity (Wildman–Crippen MR) is 85.7 cm³/mol. The van der Waals surface area contributed by atoms with Gasteiger partial charge in [-0.25, -0.2) is 0 Å². The molecule has 1 heterocycles. The van der Waals surface area contributed by atoms with Gasteiger partial charge in [-0.15, -0.1) is 0 Å². The van der Waals surface area contributed by atoms with E-state index in [1.165, 1.54) is 36.4 Å². The van der Waals surface area contributed by atoms with E-state index >= 15 is 0 Å². The molecule has 1 aliphatic rings. The Labute approximate surface area is 131 Å². The predicted octanol–water partition coefficient (Wildman–Crippen LogP) is 4.21. The van der Waals surface area contributed by atoms with E-state index in [1.807, 2.05) is 21.6 Å². The first-order chi connectivity index (χ1) is 10.1. The van der Waals surface area contributed by atoms with Crippen molar-refractivity contribution in [1.29, 1.82) is 0 Å². The summed E-state index contributed by atoms with van der Waals surface area (Å²) in [6, 6.07) is 5.56. The number of carbonyl (C=O) groups excluding carboxylic acids is 1. The second-order valence-electron chi connectivity index (χ2n) is 4.80. The molecule has 0 amide bonds. The van der Waals surface area contributed by atoms with Crippen molar-refractivity contribution >= 4 is 33.2 Å². The minimum absolute atomic E-state index is 0.0123. The lowest BCUT2D eigenvalue weighted by atomic mass is 10.1. The summed E-state index contributed by atoms with van der Waals surface area (Å²) in [4.78, 5) is 21.7. The summed E-state index contributed by atoms with van der Waals surface area (Å²) >= 11 is 0. The standard InChI is InChI=1S/C14H17NO4S2/c16-14(4-2-1-3-13-9-10-20-21-13)19-12-7-5-11(6-8-12)15(17)18/h5-8,13H,1-4,9-10H2. The van der Waals surface area contributed by atoms with Gasteiger partial charge in [0.25, 0.3) is 5.69 Å². The maximum absolute atomic E-state index is 11.7. The first-order valence-electron chi connectivity index (χ1n) is 6.88. The number of hydrogen-bond acceptors (Lipinski definition) is 6. The van der Waals surface area contributed by atoms with Gasteiger partial charge in [-0.1, -0.05) is 28.0 Å². The number of hydrogen-bond donors (Lipinski definition) is 0. The number of ether oxygens (including phenoxy) is 1. The molecule has 1 aromatic rings. The maximum Gasteiger partial charge on any atom is 0.311 e. The summed E-state index contributed by atoms with van der Waals surface area (Å²) in [6.45, 7) is 0. The van der Waals surface area contributed by atoms with Crippen LogP contribution in [-0.4, -0.2) is 21.9 Å². The Balaban J connectivity index is 1.65. The molecule has 0 saturated carbocycles. The fourth-order valence-electron chi connectivity index (χ4n) is 2.02. The van der Waals surface area contributed by atoms with E-state index in [2.05, 4.69) is 0 Å². The zero-order valence-corrected chi connectivity index (χ0v) is 13.2. The van der Waals surface area contributed by atoms with Crippen LogP contribution in [0.3, 0.4) is 0 Å². The highest BCUT2D eigenvalue weighted by Gasteiger charge is 2.16. The number of nitro groups is 1. The van der Waals surface area contributed by atoms with Gasteiger partial charge in [-0.05, 0) is 31.4 Å². The van der Waals surface area contributed by atoms with Crippen LogP contribution >= 0.6 is 21.6 Å². The van der Waals surface area contributed by atoms with Crippen LogP contribution in [0, 0.1) is 10.1 Å². The lowest BCUT2D eigenvalue weighted by Crippen LogP contribution is -2.08. The zero-order valence-electron chi connectivity index (χ0n) is 11.5. The molecule has 5 nitrogen and oxygen atoms in total. The number of carbonyl (C=O) groups is 1. The quantitative estimate of drug-likeness (QED) is 0.186. The molecule has 1 fully saturated rings. The molecule has 0 radical (unpaired) electrons. The number of esters is 1. The van der Waals surface area contributed by atoms with Gasteiger partial charge in [-0.2, -0.15) is 0 Å². The second-order valence-corrected chi connectivity index (χ2v) is 7.59. The zero-order chi connectivity index (χ0) is 15.1. The summed E-state index contributed by atoms with van der Waals surface area (Å²) in [5.41, 5.74) is -0.0123. The normalized spacial score (nSPS) is 17.6. The first-order valence-corrected chi connectivity index (χ1v) is 9.27. The Morgan fingerprint density at radius 1 is 1.33 bits per heavy atom. The van der Waals surface area contributed by atoms with Crippen LogP contribution < -0.4 is 4.74 Å². The van der Waals surface area contributed by atoms with Gasteiger partial charge in [0.2, 0.25) is 0 Å². The number of rotatable bonds is 7. The molecule has 2 rings (SSSR count). The van der Waals surface area contributed by atoms with Gasteiger partial charge in [-0.3, -0.25) is 14.9 Å². The fourth-order valence-corrected chi connectivity index (χ4v) is 5.05. The number of unbranched alkanes of at least 4 members (excludes halogenated alkanes) is 1. The average molecular weight is 327 g/mol. The van der Waals surface area contributed by atoms with Crippen molar-refractivity contribution in [3.63, 3.8) is 0 Å². The summed E-state index contributed by atoms with van der Waals surface area (Å²) in [5.74, 6) is 1.31. The summed E-state index contributed by atoms with van der Waals surface area (Å²) < 4.78 is 5.15. The third-order valence-corrected chi connectivity index (χ3v) is 6.17. The lowest BCUT2D eigenvalue weighted by Gasteiger charge is -2.07. The van der Waals surface area contributed by atoms with E-state index in [0.717, 1.165) is 24.5 Å². The van der Waals surface area contributed by atoms with E-state index in [9.17, 15) is 14.9 Å². The van der Waals surface area contributed by atoms with E-state index in [4.69, 9.17) is 4.74 Å². The molecule has 0 aliphatic carbocycles. The van der Waals surface area contributed by atoms with Crippen LogP contribution in [0.25, 0.3) is 0 Å². The lowest BCUT2D eigenvalue weighted by molar-refractivity contribution is -0.384. The van der Waals surface area contributed by atoms with Crippen LogP contribution in [0.15, 0.2) is 24.3 Å². The molecule has 1 atom stereocenters. The minimum Gasteiger partial charge on any atom is -0.427 e. The van der Waals surface area contributed by atoms with Crippen LogP contribution in [0.5, 0.6) is 5.75 Å². The van der Waals surface area contributed by atoms with E-state index in [0.29, 0.717) is 12.2 Å². The Morgan fingerprint density at radius 3 is 2.71 bits per heavy atom. The SMILES string of the molecule is O=C(CCCCC1CCSS1)Oc1ccc([N+](=O)[O-])cc1. The van der Waals surface area contributed by atoms with Crippen molar-refractivity contribution in [3.8, 4) is 5.75 Å². The van der Waals surface area contributed by atoms with Crippen molar-refractivity contribution in [1.82, 2.24) is 0 Å². The Morgan fingerprint density at radius 2 is 2.10 bits per heavy atom. The molecule has 7 heteroatoms. The molecule has 0 N–H and O–H groups in total. The van der Waals surface area contributed by atoms with Gasteiger partial charge < -0.3 is 4.74 Å². The molecule has 0 aromatic heterocycles. The van der Waals surface area contributed by atoms with Crippen molar-refractivity contribution < 1.29 is 14.5 Å². The van der Waals surface area contributed by atoms with Crippen LogP contribution in [-0.2, 0) is 4.79 Å². The Kier molecular flexibility index (Phi) is 6.38. The summed E-state index contributed by atoms with van der Waals surface area (Å²) in [5, 5.41) is 11.2. The molecular formula is C14H17NO4S2. The number of benzene rings is 1. The molecule has 21 heavy (non-hydrogen) atoms. The Hall–Kier alpha value is -1.21. The topological polar surface area (TPSA) is 69.4 Å². The minimum atomic E-state index is -0.481. The van der Waals surface area contributed by atoms with Crippen LogP contribution in [0.2, 0.25) is 0 Å². The molecule has 1 aromatic carbocycles. The smallest absolute Gasteiger partial charge is 0.311 e. The van der Waals surface area contributed by atoms with Gasteiger partial charge in [0.1, 0.15) is 5.75 Å². The van der Waals surface area contributed by atoms with Crippen molar-refractivity contribution in [2.45, 2.75) is 37.4 Å². The van der Waals surface area contributed by atoms with Gasteiger partial charge >= 0.3 is 5.97 Å². The van der Waals surface area contributed by atoms with Crippen LogP contribution in [0.4, 0.5) is 5.69 Å². The number of nitrogens with zero attached hydrogens (tertiary/aromatic N) is 1. The summed E-state index contributed by atoms with van der Waals surface area (Å²) in [7, 11) is 3.88. The molecule has 1 unspecified atom stereocenters. The third-order valence-electron chi connectivity index (χ3n) is 3.16. The van der Waals surface area contributed by atoms with E-state index in [-0.39, 0.29) is 11.7 Å². The molecule has 1 saturated heterocycles. The summed E-state index contributed by atoms with van der Waals surface area (Å²) in [6.07, 6.45) is 4.67. The highest BCUT2D eigenvalue weighted by Crippen LogP contribution is 2.39.